The number of aromatic nitrogens is 2. The maximum absolute atomic E-state index is 11.1. The molecule has 0 unspecified atom stereocenters. The smallest absolute Gasteiger partial charge is 0.353 e. The van der Waals surface area contributed by atoms with Gasteiger partial charge < -0.3 is 9.47 Å². The molecule has 0 aliphatic heterocycles. The first kappa shape index (κ1) is 14.3. The summed E-state index contributed by atoms with van der Waals surface area (Å²) in [6.45, 7) is 1.56. The number of hydrogen-bond acceptors (Lipinski definition) is 5. The first-order valence-electron chi connectivity index (χ1n) is 5.63. The molecule has 0 saturated heterocycles. The van der Waals surface area contributed by atoms with Crippen LogP contribution in [0.3, 0.4) is 0 Å². The number of hydrogen-bond donors (Lipinski definition) is 0. The number of nitrogens with zero attached hydrogens (tertiary/aromatic N) is 3. The minimum absolute atomic E-state index is 0.0818. The van der Waals surface area contributed by atoms with E-state index in [9.17, 15) is 10.1 Å². The van der Waals surface area contributed by atoms with Gasteiger partial charge in [-0.1, -0.05) is 0 Å². The Kier molecular flexibility index (Phi) is 3.93. The fourth-order valence-corrected chi connectivity index (χ4v) is 2.18. The Labute approximate surface area is 123 Å². The fraction of sp³-hybridized carbons (Fsp3) is 0.250. The Morgan fingerprint density at radius 3 is 2.70 bits per heavy atom. The molecule has 1 heterocycles. The summed E-state index contributed by atoms with van der Waals surface area (Å²) in [6.07, 6.45) is 0. The number of nitro groups is 1. The van der Waals surface area contributed by atoms with Crippen LogP contribution in [0.1, 0.15) is 5.69 Å². The van der Waals surface area contributed by atoms with Crippen molar-refractivity contribution in [3.63, 3.8) is 0 Å². The number of halogens is 1. The lowest BCUT2D eigenvalue weighted by atomic mass is 10.3. The third-order valence-corrected chi connectivity index (χ3v) is 3.29. The third-order valence-electron chi connectivity index (χ3n) is 2.67. The Balaban J connectivity index is 2.42. The van der Waals surface area contributed by atoms with E-state index in [4.69, 9.17) is 9.47 Å². The van der Waals surface area contributed by atoms with Gasteiger partial charge in [-0.15, -0.1) is 0 Å². The van der Waals surface area contributed by atoms with Gasteiger partial charge in [0.25, 0.3) is 5.88 Å². The Bertz CT molecular complexity index is 669. The molecular formula is C12H12BrN3O4. The van der Waals surface area contributed by atoms with Crippen LogP contribution in [-0.4, -0.2) is 21.8 Å². The molecule has 0 aliphatic rings. The topological polar surface area (TPSA) is 79.4 Å². The van der Waals surface area contributed by atoms with Gasteiger partial charge in [0.15, 0.2) is 0 Å². The van der Waals surface area contributed by atoms with Crippen molar-refractivity contribution >= 4 is 21.6 Å². The zero-order valence-electron chi connectivity index (χ0n) is 11.1. The van der Waals surface area contributed by atoms with Crippen LogP contribution >= 0.6 is 15.9 Å². The van der Waals surface area contributed by atoms with Gasteiger partial charge in [0.05, 0.1) is 16.5 Å². The third kappa shape index (κ3) is 2.60. The molecule has 0 radical (unpaired) electrons. The van der Waals surface area contributed by atoms with Crippen molar-refractivity contribution < 1.29 is 14.4 Å². The Morgan fingerprint density at radius 1 is 1.45 bits per heavy atom. The van der Waals surface area contributed by atoms with Crippen LogP contribution in [0, 0.1) is 17.0 Å². The molecule has 2 rings (SSSR count). The van der Waals surface area contributed by atoms with Crippen LogP contribution in [0.4, 0.5) is 5.69 Å². The van der Waals surface area contributed by atoms with E-state index >= 15 is 0 Å². The van der Waals surface area contributed by atoms with Crippen LogP contribution in [0.15, 0.2) is 22.7 Å². The Hall–Kier alpha value is -2.09. The summed E-state index contributed by atoms with van der Waals surface area (Å²) in [7, 11) is 3.14. The molecule has 0 bridgehead atoms. The van der Waals surface area contributed by atoms with Gasteiger partial charge in [0, 0.05) is 7.05 Å². The van der Waals surface area contributed by atoms with Gasteiger partial charge in [-0.25, -0.2) is 4.68 Å². The highest BCUT2D eigenvalue weighted by Gasteiger charge is 2.26. The van der Waals surface area contributed by atoms with Crippen molar-refractivity contribution in [3.8, 4) is 17.4 Å². The highest BCUT2D eigenvalue weighted by atomic mass is 79.9. The molecule has 0 N–H and O–H groups in total. The van der Waals surface area contributed by atoms with E-state index in [2.05, 4.69) is 21.0 Å². The van der Waals surface area contributed by atoms with Gasteiger partial charge in [0.2, 0.25) is 0 Å². The van der Waals surface area contributed by atoms with Crippen LogP contribution in [0.5, 0.6) is 17.4 Å². The first-order chi connectivity index (χ1) is 9.43. The number of rotatable bonds is 4. The van der Waals surface area contributed by atoms with E-state index in [1.54, 1.807) is 39.3 Å². The summed E-state index contributed by atoms with van der Waals surface area (Å²) < 4.78 is 12.7. The number of aryl methyl sites for hydroxylation is 2. The predicted octanol–water partition coefficient (Wildman–Crippen LogP) is 3.20. The molecule has 0 amide bonds. The van der Waals surface area contributed by atoms with E-state index in [-0.39, 0.29) is 11.6 Å². The average molecular weight is 342 g/mol. The van der Waals surface area contributed by atoms with Crippen LogP contribution in [-0.2, 0) is 7.05 Å². The van der Waals surface area contributed by atoms with Crippen molar-refractivity contribution in [1.29, 1.82) is 0 Å². The van der Waals surface area contributed by atoms with Crippen molar-refractivity contribution in [2.24, 2.45) is 7.05 Å². The second-order valence-electron chi connectivity index (χ2n) is 4.02. The van der Waals surface area contributed by atoms with Crippen molar-refractivity contribution in [2.75, 3.05) is 7.11 Å². The molecule has 0 saturated carbocycles. The largest absolute Gasteiger partial charge is 0.497 e. The second-order valence-corrected chi connectivity index (χ2v) is 4.87. The number of methoxy groups -OCH3 is 1. The molecule has 0 atom stereocenters. The summed E-state index contributed by atoms with van der Waals surface area (Å²) in [4.78, 5) is 10.6. The van der Waals surface area contributed by atoms with Gasteiger partial charge in [-0.2, -0.15) is 5.10 Å². The van der Waals surface area contributed by atoms with E-state index in [1.165, 1.54) is 4.68 Å². The van der Waals surface area contributed by atoms with Crippen LogP contribution < -0.4 is 9.47 Å². The van der Waals surface area contributed by atoms with Gasteiger partial charge in [-0.05, 0) is 41.1 Å². The number of benzene rings is 1. The van der Waals surface area contributed by atoms with Crippen LogP contribution in [0.2, 0.25) is 0 Å². The molecule has 0 fully saturated rings. The molecular weight excluding hydrogens is 330 g/mol. The van der Waals surface area contributed by atoms with Crippen molar-refractivity contribution in [3.05, 3.63) is 38.5 Å². The normalized spacial score (nSPS) is 10.4. The van der Waals surface area contributed by atoms with E-state index in [0.29, 0.717) is 21.7 Å². The average Bonchev–Trinajstić information content (AvgIpc) is 2.66. The lowest BCUT2D eigenvalue weighted by Gasteiger charge is -2.08. The Morgan fingerprint density at radius 2 is 2.15 bits per heavy atom. The summed E-state index contributed by atoms with van der Waals surface area (Å²) in [5.41, 5.74) is 0.160. The molecule has 2 aromatic rings. The standard InChI is InChI=1S/C12H12BrN3O4/c1-7-11(16(17)18)12(15(2)14-7)20-10-5-4-8(19-3)6-9(10)13/h4-6H,1-3H3. The van der Waals surface area contributed by atoms with Crippen molar-refractivity contribution in [2.45, 2.75) is 6.92 Å². The predicted molar refractivity (Wildman–Crippen MR) is 75.4 cm³/mol. The molecule has 1 aromatic heterocycles. The second kappa shape index (κ2) is 5.49. The van der Waals surface area contributed by atoms with E-state index in [1.807, 2.05) is 0 Å². The fourth-order valence-electron chi connectivity index (χ4n) is 1.75. The molecule has 8 heteroatoms. The first-order valence-corrected chi connectivity index (χ1v) is 6.42. The van der Waals surface area contributed by atoms with Gasteiger partial charge in [-0.3, -0.25) is 10.1 Å². The molecule has 0 aliphatic carbocycles. The van der Waals surface area contributed by atoms with Crippen LogP contribution in [0.25, 0.3) is 0 Å². The monoisotopic (exact) mass is 341 g/mol. The summed E-state index contributed by atoms with van der Waals surface area (Å²) >= 11 is 3.33. The summed E-state index contributed by atoms with van der Waals surface area (Å²) in [6, 6.07) is 5.08. The lowest BCUT2D eigenvalue weighted by molar-refractivity contribution is -0.386. The maximum atomic E-state index is 11.1. The molecule has 0 spiro atoms. The molecule has 7 nitrogen and oxygen atoms in total. The minimum atomic E-state index is -0.505. The van der Waals surface area contributed by atoms with E-state index in [0.717, 1.165) is 0 Å². The summed E-state index contributed by atoms with van der Waals surface area (Å²) in [5, 5.41) is 15.1. The van der Waals surface area contributed by atoms with Crippen molar-refractivity contribution in [1.82, 2.24) is 9.78 Å². The number of ether oxygens (including phenoxy) is 2. The van der Waals surface area contributed by atoms with Gasteiger partial charge in [0.1, 0.15) is 17.2 Å². The SMILES string of the molecule is COc1ccc(Oc2c([N+](=O)[O-])c(C)nn2C)c(Br)c1. The maximum Gasteiger partial charge on any atom is 0.353 e. The zero-order valence-corrected chi connectivity index (χ0v) is 12.7. The minimum Gasteiger partial charge on any atom is -0.497 e. The zero-order chi connectivity index (χ0) is 14.9. The molecule has 106 valence electrons. The summed E-state index contributed by atoms with van der Waals surface area (Å²) in [5.74, 6) is 1.18. The highest BCUT2D eigenvalue weighted by Crippen LogP contribution is 2.37. The lowest BCUT2D eigenvalue weighted by Crippen LogP contribution is -1.98. The molecule has 1 aromatic carbocycles. The quantitative estimate of drug-likeness (QED) is 0.630. The molecule has 20 heavy (non-hydrogen) atoms. The van der Waals surface area contributed by atoms with E-state index < -0.39 is 4.92 Å². The van der Waals surface area contributed by atoms with Gasteiger partial charge >= 0.3 is 5.69 Å². The highest BCUT2D eigenvalue weighted by molar-refractivity contribution is 9.10.